The number of hydrogen-bond acceptors (Lipinski definition) is 3. The predicted molar refractivity (Wildman–Crippen MR) is 72.5 cm³/mol. The SMILES string of the molecule is CC1CCC(NC(=O)C2Cc3nc[nH]c3CN2)CC1. The van der Waals surface area contributed by atoms with E-state index >= 15 is 0 Å². The van der Waals surface area contributed by atoms with Crippen molar-refractivity contribution < 1.29 is 4.79 Å². The highest BCUT2D eigenvalue weighted by Crippen LogP contribution is 2.23. The van der Waals surface area contributed by atoms with Crippen LogP contribution in [-0.4, -0.2) is 28.0 Å². The van der Waals surface area contributed by atoms with E-state index in [2.05, 4.69) is 27.5 Å². The molecule has 1 aliphatic heterocycles. The summed E-state index contributed by atoms with van der Waals surface area (Å²) < 4.78 is 0. The maximum absolute atomic E-state index is 12.3. The summed E-state index contributed by atoms with van der Waals surface area (Å²) in [6.45, 7) is 2.99. The standard InChI is InChI=1S/C14H22N4O/c1-9-2-4-10(5-3-9)18-14(19)12-6-11-13(7-15-12)17-8-16-11/h8-10,12,15H,2-7H2,1H3,(H,16,17)(H,18,19). The molecule has 3 N–H and O–H groups in total. The zero-order chi connectivity index (χ0) is 13.2. The Morgan fingerprint density at radius 1 is 1.37 bits per heavy atom. The fraction of sp³-hybridized carbons (Fsp3) is 0.714. The first-order valence-electron chi connectivity index (χ1n) is 7.27. The van der Waals surface area contributed by atoms with Gasteiger partial charge in [-0.2, -0.15) is 0 Å². The van der Waals surface area contributed by atoms with Gasteiger partial charge in [0.2, 0.25) is 5.91 Å². The Balaban J connectivity index is 1.54. The summed E-state index contributed by atoms with van der Waals surface area (Å²) in [4.78, 5) is 19.6. The number of amides is 1. The van der Waals surface area contributed by atoms with Crippen LogP contribution in [0.2, 0.25) is 0 Å². The van der Waals surface area contributed by atoms with Gasteiger partial charge in [0.15, 0.2) is 0 Å². The van der Waals surface area contributed by atoms with E-state index in [1.165, 1.54) is 12.8 Å². The molecule has 2 heterocycles. The van der Waals surface area contributed by atoms with Crippen molar-refractivity contribution in [1.29, 1.82) is 0 Å². The molecule has 5 heteroatoms. The first-order chi connectivity index (χ1) is 9.22. The highest BCUT2D eigenvalue weighted by molar-refractivity contribution is 5.82. The maximum atomic E-state index is 12.3. The van der Waals surface area contributed by atoms with Crippen molar-refractivity contribution in [3.63, 3.8) is 0 Å². The number of imidazole rings is 1. The Labute approximate surface area is 113 Å². The lowest BCUT2D eigenvalue weighted by Crippen LogP contribution is -2.51. The second-order valence-corrected chi connectivity index (χ2v) is 5.93. The fourth-order valence-corrected chi connectivity index (χ4v) is 3.06. The van der Waals surface area contributed by atoms with E-state index in [0.717, 1.165) is 30.1 Å². The highest BCUT2D eigenvalue weighted by atomic mass is 16.2. The maximum Gasteiger partial charge on any atom is 0.237 e. The zero-order valence-corrected chi connectivity index (χ0v) is 11.4. The largest absolute Gasteiger partial charge is 0.352 e. The number of hydrogen-bond donors (Lipinski definition) is 3. The van der Waals surface area contributed by atoms with Crippen molar-refractivity contribution in [1.82, 2.24) is 20.6 Å². The lowest BCUT2D eigenvalue weighted by atomic mass is 9.87. The molecule has 0 aromatic carbocycles. The quantitative estimate of drug-likeness (QED) is 0.748. The smallest absolute Gasteiger partial charge is 0.237 e. The van der Waals surface area contributed by atoms with E-state index < -0.39 is 0 Å². The highest BCUT2D eigenvalue weighted by Gasteiger charge is 2.28. The van der Waals surface area contributed by atoms with Crippen molar-refractivity contribution in [2.45, 2.75) is 57.7 Å². The van der Waals surface area contributed by atoms with Crippen molar-refractivity contribution in [2.24, 2.45) is 5.92 Å². The topological polar surface area (TPSA) is 69.8 Å². The van der Waals surface area contributed by atoms with Gasteiger partial charge < -0.3 is 10.3 Å². The Hall–Kier alpha value is -1.36. The third-order valence-corrected chi connectivity index (χ3v) is 4.41. The summed E-state index contributed by atoms with van der Waals surface area (Å²) in [5, 5.41) is 6.47. The van der Waals surface area contributed by atoms with E-state index in [9.17, 15) is 4.79 Å². The van der Waals surface area contributed by atoms with Crippen LogP contribution in [0.4, 0.5) is 0 Å². The minimum Gasteiger partial charge on any atom is -0.352 e. The molecule has 104 valence electrons. The number of carbonyl (C=O) groups is 1. The number of carbonyl (C=O) groups excluding carboxylic acids is 1. The van der Waals surface area contributed by atoms with Gasteiger partial charge in [-0.3, -0.25) is 10.1 Å². The van der Waals surface area contributed by atoms with Crippen LogP contribution in [0.1, 0.15) is 44.0 Å². The summed E-state index contributed by atoms with van der Waals surface area (Å²) >= 11 is 0. The van der Waals surface area contributed by atoms with Gasteiger partial charge in [0.05, 0.1) is 23.8 Å². The van der Waals surface area contributed by atoms with Gasteiger partial charge in [-0.25, -0.2) is 4.98 Å². The summed E-state index contributed by atoms with van der Waals surface area (Å²) in [5.74, 6) is 0.945. The van der Waals surface area contributed by atoms with Crippen LogP contribution in [-0.2, 0) is 17.8 Å². The van der Waals surface area contributed by atoms with Gasteiger partial charge in [0.1, 0.15) is 0 Å². The van der Waals surface area contributed by atoms with Crippen LogP contribution >= 0.6 is 0 Å². The van der Waals surface area contributed by atoms with Crippen LogP contribution in [0.25, 0.3) is 0 Å². The van der Waals surface area contributed by atoms with Gasteiger partial charge in [-0.1, -0.05) is 6.92 Å². The van der Waals surface area contributed by atoms with Gasteiger partial charge in [-0.15, -0.1) is 0 Å². The molecule has 1 unspecified atom stereocenters. The van der Waals surface area contributed by atoms with E-state index in [1.807, 2.05) is 0 Å². The van der Waals surface area contributed by atoms with Crippen molar-refractivity contribution in [3.8, 4) is 0 Å². The molecule has 0 radical (unpaired) electrons. The van der Waals surface area contributed by atoms with E-state index in [0.29, 0.717) is 19.0 Å². The van der Waals surface area contributed by atoms with Crippen molar-refractivity contribution in [3.05, 3.63) is 17.7 Å². The first-order valence-corrected chi connectivity index (χ1v) is 7.27. The Bertz CT molecular complexity index is 448. The fourth-order valence-electron chi connectivity index (χ4n) is 3.06. The molecule has 1 saturated carbocycles. The van der Waals surface area contributed by atoms with Gasteiger partial charge >= 0.3 is 0 Å². The molecule has 1 fully saturated rings. The van der Waals surface area contributed by atoms with E-state index in [4.69, 9.17) is 0 Å². The van der Waals surface area contributed by atoms with Crippen molar-refractivity contribution in [2.75, 3.05) is 0 Å². The molecule has 19 heavy (non-hydrogen) atoms. The molecule has 0 spiro atoms. The lowest BCUT2D eigenvalue weighted by molar-refractivity contribution is -0.124. The number of H-pyrrole nitrogens is 1. The molecule has 1 atom stereocenters. The van der Waals surface area contributed by atoms with Crippen LogP contribution in [0, 0.1) is 5.92 Å². The molecular formula is C14H22N4O. The first kappa shape index (κ1) is 12.7. The van der Waals surface area contributed by atoms with Crippen LogP contribution in [0.15, 0.2) is 6.33 Å². The monoisotopic (exact) mass is 262 g/mol. The normalized spacial score (nSPS) is 30.7. The third kappa shape index (κ3) is 2.81. The zero-order valence-electron chi connectivity index (χ0n) is 11.4. The number of nitrogens with one attached hydrogen (secondary N) is 3. The van der Waals surface area contributed by atoms with Gasteiger partial charge in [-0.05, 0) is 31.6 Å². The average molecular weight is 262 g/mol. The Kier molecular flexibility index (Phi) is 3.55. The van der Waals surface area contributed by atoms with Crippen LogP contribution in [0.5, 0.6) is 0 Å². The van der Waals surface area contributed by atoms with E-state index in [1.54, 1.807) is 6.33 Å². The van der Waals surface area contributed by atoms with E-state index in [-0.39, 0.29) is 11.9 Å². The molecule has 1 aromatic rings. The Morgan fingerprint density at radius 3 is 2.95 bits per heavy atom. The Morgan fingerprint density at radius 2 is 2.16 bits per heavy atom. The minimum absolute atomic E-state index is 0.129. The number of rotatable bonds is 2. The molecule has 2 aliphatic rings. The molecule has 0 saturated heterocycles. The van der Waals surface area contributed by atoms with Crippen molar-refractivity contribution >= 4 is 5.91 Å². The average Bonchev–Trinajstić information content (AvgIpc) is 2.88. The second-order valence-electron chi connectivity index (χ2n) is 5.93. The molecular weight excluding hydrogens is 240 g/mol. The van der Waals surface area contributed by atoms with Gasteiger partial charge in [0, 0.05) is 19.0 Å². The number of aromatic nitrogens is 2. The lowest BCUT2D eigenvalue weighted by Gasteiger charge is -2.29. The van der Waals surface area contributed by atoms with Crippen LogP contribution < -0.4 is 10.6 Å². The van der Waals surface area contributed by atoms with Crippen LogP contribution in [0.3, 0.4) is 0 Å². The molecule has 1 amide bonds. The second kappa shape index (κ2) is 5.33. The summed E-state index contributed by atoms with van der Waals surface area (Å²) in [7, 11) is 0. The molecule has 3 rings (SSSR count). The number of fused-ring (bicyclic) bond motifs is 1. The molecule has 5 nitrogen and oxygen atoms in total. The summed E-state index contributed by atoms with van der Waals surface area (Å²) in [5.41, 5.74) is 2.13. The van der Waals surface area contributed by atoms with Gasteiger partial charge in [0.25, 0.3) is 0 Å². The third-order valence-electron chi connectivity index (χ3n) is 4.41. The predicted octanol–water partition coefficient (Wildman–Crippen LogP) is 1.12. The molecule has 0 bridgehead atoms. The minimum atomic E-state index is -0.129. The molecule has 1 aromatic heterocycles. The molecule has 1 aliphatic carbocycles. The summed E-state index contributed by atoms with van der Waals surface area (Å²) in [6, 6.07) is 0.237. The number of aromatic amines is 1. The number of nitrogens with zero attached hydrogens (tertiary/aromatic N) is 1. The summed E-state index contributed by atoms with van der Waals surface area (Å²) in [6.07, 6.45) is 7.09.